The Kier molecular flexibility index (Phi) is 4.05. The molecule has 0 radical (unpaired) electrons. The molecule has 1 amide bonds. The average Bonchev–Trinajstić information content (AvgIpc) is 3.08. The molecule has 0 atom stereocenters. The number of nitrogens with zero attached hydrogens (tertiary/aromatic N) is 4. The van der Waals surface area contributed by atoms with Gasteiger partial charge in [0.1, 0.15) is 17.1 Å². The second-order valence-electron chi connectivity index (χ2n) is 6.94. The maximum atomic E-state index is 12.9. The lowest BCUT2D eigenvalue weighted by Crippen LogP contribution is -2.55. The average molecular weight is 342 g/mol. The van der Waals surface area contributed by atoms with Gasteiger partial charge in [-0.2, -0.15) is 0 Å². The van der Waals surface area contributed by atoms with E-state index in [2.05, 4.69) is 14.9 Å². The quantitative estimate of drug-likeness (QED) is 0.879. The molecule has 0 spiro atoms. The van der Waals surface area contributed by atoms with E-state index in [0.717, 1.165) is 30.1 Å². The molecule has 2 aromatic heterocycles. The number of hydrogen-bond donors (Lipinski definition) is 1. The second kappa shape index (κ2) is 6.24. The lowest BCUT2D eigenvalue weighted by atomic mass is 9.89. The lowest BCUT2D eigenvalue weighted by Gasteiger charge is -2.39. The summed E-state index contributed by atoms with van der Waals surface area (Å²) in [6.45, 7) is 2.40. The van der Waals surface area contributed by atoms with E-state index in [9.17, 15) is 9.90 Å². The van der Waals surface area contributed by atoms with Gasteiger partial charge in [-0.3, -0.25) is 9.78 Å². The standard InChI is InChI=1S/C18H22N4O3/c1-21-9-5-18(24,6-10-21)17(23)22-8-4-15-14(12-22)20-16(25-15)13-3-2-7-19-11-13/h2-3,7,11,24H,4-6,8-10,12H2,1H3. The van der Waals surface area contributed by atoms with Gasteiger partial charge in [0.15, 0.2) is 0 Å². The van der Waals surface area contributed by atoms with E-state index in [-0.39, 0.29) is 5.91 Å². The Balaban J connectivity index is 1.51. The molecule has 7 nitrogen and oxygen atoms in total. The Bertz CT molecular complexity index is 766. The molecule has 1 N–H and O–H groups in total. The zero-order chi connectivity index (χ0) is 17.4. The predicted molar refractivity (Wildman–Crippen MR) is 90.5 cm³/mol. The number of pyridine rings is 1. The highest BCUT2D eigenvalue weighted by molar-refractivity contribution is 5.85. The van der Waals surface area contributed by atoms with E-state index in [1.807, 2.05) is 19.2 Å². The highest BCUT2D eigenvalue weighted by Crippen LogP contribution is 2.29. The molecule has 0 unspecified atom stereocenters. The Hall–Kier alpha value is -2.25. The van der Waals surface area contributed by atoms with Gasteiger partial charge in [0.25, 0.3) is 5.91 Å². The molecule has 0 aliphatic carbocycles. The summed E-state index contributed by atoms with van der Waals surface area (Å²) in [4.78, 5) is 25.3. The summed E-state index contributed by atoms with van der Waals surface area (Å²) < 4.78 is 5.85. The number of aliphatic hydroxyl groups is 1. The third-order valence-electron chi connectivity index (χ3n) is 5.14. The molecular formula is C18H22N4O3. The Labute approximate surface area is 146 Å². The van der Waals surface area contributed by atoms with Crippen molar-refractivity contribution in [3.8, 4) is 11.5 Å². The van der Waals surface area contributed by atoms with Crippen LogP contribution in [0.3, 0.4) is 0 Å². The van der Waals surface area contributed by atoms with Crippen LogP contribution in [-0.4, -0.2) is 63.1 Å². The first-order valence-electron chi connectivity index (χ1n) is 8.64. The topological polar surface area (TPSA) is 82.7 Å². The summed E-state index contributed by atoms with van der Waals surface area (Å²) in [7, 11) is 2.01. The highest BCUT2D eigenvalue weighted by atomic mass is 16.4. The summed E-state index contributed by atoms with van der Waals surface area (Å²) in [6.07, 6.45) is 4.98. The van der Waals surface area contributed by atoms with Gasteiger partial charge in [0.2, 0.25) is 5.89 Å². The fourth-order valence-electron chi connectivity index (χ4n) is 3.48. The first kappa shape index (κ1) is 16.2. The van der Waals surface area contributed by atoms with Crippen LogP contribution in [-0.2, 0) is 17.8 Å². The molecule has 1 saturated heterocycles. The van der Waals surface area contributed by atoms with Crippen molar-refractivity contribution in [1.82, 2.24) is 19.8 Å². The smallest absolute Gasteiger partial charge is 0.255 e. The highest BCUT2D eigenvalue weighted by Gasteiger charge is 2.42. The van der Waals surface area contributed by atoms with E-state index in [1.54, 1.807) is 17.3 Å². The van der Waals surface area contributed by atoms with Crippen molar-refractivity contribution in [2.75, 3.05) is 26.7 Å². The van der Waals surface area contributed by atoms with Gasteiger partial charge in [-0.1, -0.05) is 0 Å². The maximum Gasteiger partial charge on any atom is 0.255 e. The summed E-state index contributed by atoms with van der Waals surface area (Å²) in [5, 5.41) is 10.8. The molecule has 7 heteroatoms. The van der Waals surface area contributed by atoms with Crippen LogP contribution in [0.1, 0.15) is 24.3 Å². The first-order valence-corrected chi connectivity index (χ1v) is 8.64. The number of carbonyl (C=O) groups excluding carboxylic acids is 1. The van der Waals surface area contributed by atoms with Crippen molar-refractivity contribution in [3.05, 3.63) is 36.0 Å². The minimum Gasteiger partial charge on any atom is -0.441 e. The van der Waals surface area contributed by atoms with E-state index in [4.69, 9.17) is 4.42 Å². The molecule has 4 rings (SSSR count). The molecule has 2 aliphatic rings. The first-order chi connectivity index (χ1) is 12.0. The number of carbonyl (C=O) groups is 1. The lowest BCUT2D eigenvalue weighted by molar-refractivity contribution is -0.157. The van der Waals surface area contributed by atoms with E-state index >= 15 is 0 Å². The zero-order valence-electron chi connectivity index (χ0n) is 14.3. The van der Waals surface area contributed by atoms with E-state index in [0.29, 0.717) is 38.2 Å². The van der Waals surface area contributed by atoms with Crippen LogP contribution in [0.4, 0.5) is 0 Å². The van der Waals surface area contributed by atoms with Gasteiger partial charge in [0.05, 0.1) is 12.1 Å². The predicted octanol–water partition coefficient (Wildman–Crippen LogP) is 1.08. The van der Waals surface area contributed by atoms with Crippen LogP contribution < -0.4 is 0 Å². The molecule has 0 saturated carbocycles. The Morgan fingerprint density at radius 3 is 2.84 bits per heavy atom. The molecule has 2 aliphatic heterocycles. The minimum absolute atomic E-state index is 0.183. The monoisotopic (exact) mass is 342 g/mol. The zero-order valence-corrected chi connectivity index (χ0v) is 14.3. The van der Waals surface area contributed by atoms with Crippen LogP contribution >= 0.6 is 0 Å². The van der Waals surface area contributed by atoms with Crippen molar-refractivity contribution in [3.63, 3.8) is 0 Å². The van der Waals surface area contributed by atoms with Gasteiger partial charge in [-0.05, 0) is 32.0 Å². The third-order valence-corrected chi connectivity index (χ3v) is 5.14. The van der Waals surface area contributed by atoms with Gasteiger partial charge < -0.3 is 19.3 Å². The summed E-state index contributed by atoms with van der Waals surface area (Å²) in [5.41, 5.74) is 0.346. The molecule has 0 aromatic carbocycles. The van der Waals surface area contributed by atoms with Gasteiger partial charge in [-0.15, -0.1) is 0 Å². The van der Waals surface area contributed by atoms with Gasteiger partial charge in [-0.25, -0.2) is 4.98 Å². The van der Waals surface area contributed by atoms with Crippen LogP contribution in [0.25, 0.3) is 11.5 Å². The maximum absolute atomic E-state index is 12.9. The number of likely N-dealkylation sites (tertiary alicyclic amines) is 1. The number of piperidine rings is 1. The minimum atomic E-state index is -1.25. The molecule has 4 heterocycles. The molecule has 0 bridgehead atoms. The van der Waals surface area contributed by atoms with E-state index < -0.39 is 5.60 Å². The van der Waals surface area contributed by atoms with Crippen molar-refractivity contribution in [2.45, 2.75) is 31.4 Å². The largest absolute Gasteiger partial charge is 0.441 e. The fourth-order valence-corrected chi connectivity index (χ4v) is 3.48. The Morgan fingerprint density at radius 2 is 2.12 bits per heavy atom. The van der Waals surface area contributed by atoms with Crippen LogP contribution in [0.5, 0.6) is 0 Å². The normalized spacial score (nSPS) is 20.3. The summed E-state index contributed by atoms with van der Waals surface area (Å²) in [5.74, 6) is 1.17. The number of fused-ring (bicyclic) bond motifs is 1. The van der Waals surface area contributed by atoms with Crippen molar-refractivity contribution in [1.29, 1.82) is 0 Å². The fraction of sp³-hybridized carbons (Fsp3) is 0.500. The Morgan fingerprint density at radius 1 is 1.32 bits per heavy atom. The third kappa shape index (κ3) is 3.05. The molecule has 1 fully saturated rings. The molecular weight excluding hydrogens is 320 g/mol. The number of oxazole rings is 1. The van der Waals surface area contributed by atoms with Gasteiger partial charge in [0, 0.05) is 38.4 Å². The second-order valence-corrected chi connectivity index (χ2v) is 6.94. The summed E-state index contributed by atoms with van der Waals surface area (Å²) >= 11 is 0. The number of rotatable bonds is 2. The van der Waals surface area contributed by atoms with E-state index in [1.165, 1.54) is 0 Å². The number of amides is 1. The van der Waals surface area contributed by atoms with Crippen LogP contribution in [0.2, 0.25) is 0 Å². The van der Waals surface area contributed by atoms with Gasteiger partial charge >= 0.3 is 0 Å². The molecule has 2 aromatic rings. The number of hydrogen-bond acceptors (Lipinski definition) is 6. The number of aromatic nitrogens is 2. The van der Waals surface area contributed by atoms with Crippen molar-refractivity contribution < 1.29 is 14.3 Å². The molecule has 25 heavy (non-hydrogen) atoms. The van der Waals surface area contributed by atoms with Crippen LogP contribution in [0.15, 0.2) is 28.9 Å². The molecule has 132 valence electrons. The SMILES string of the molecule is CN1CCC(O)(C(=O)N2CCc3oc(-c4cccnc4)nc3C2)CC1. The summed E-state index contributed by atoms with van der Waals surface area (Å²) in [6, 6.07) is 3.73. The van der Waals surface area contributed by atoms with Crippen molar-refractivity contribution >= 4 is 5.91 Å². The van der Waals surface area contributed by atoms with Crippen LogP contribution in [0, 0.1) is 0 Å². The van der Waals surface area contributed by atoms with Crippen molar-refractivity contribution in [2.24, 2.45) is 0 Å².